The SMILES string of the molecule is CN(C(=O)C1CCCN1C#N)c1nc(-c2ccccc2)cs1. The number of aromatic nitrogens is 1. The Labute approximate surface area is 133 Å². The Bertz CT molecular complexity index is 706. The number of hydrogen-bond donors (Lipinski definition) is 0. The second kappa shape index (κ2) is 6.16. The van der Waals surface area contributed by atoms with Gasteiger partial charge in [0.05, 0.1) is 5.69 Å². The Morgan fingerprint density at radius 1 is 1.45 bits per heavy atom. The van der Waals surface area contributed by atoms with Gasteiger partial charge in [-0.25, -0.2) is 4.98 Å². The van der Waals surface area contributed by atoms with Crippen LogP contribution in [0.25, 0.3) is 11.3 Å². The summed E-state index contributed by atoms with van der Waals surface area (Å²) in [7, 11) is 1.73. The Kier molecular flexibility index (Phi) is 4.07. The average molecular weight is 312 g/mol. The van der Waals surface area contributed by atoms with Gasteiger partial charge in [0.25, 0.3) is 5.91 Å². The summed E-state index contributed by atoms with van der Waals surface area (Å²) in [6.45, 7) is 0.661. The summed E-state index contributed by atoms with van der Waals surface area (Å²) in [6, 6.07) is 9.53. The van der Waals surface area contributed by atoms with Crippen LogP contribution in [0.2, 0.25) is 0 Å². The highest BCUT2D eigenvalue weighted by molar-refractivity contribution is 7.14. The van der Waals surface area contributed by atoms with Crippen LogP contribution in [0.3, 0.4) is 0 Å². The van der Waals surface area contributed by atoms with Crippen molar-refractivity contribution in [1.29, 1.82) is 5.26 Å². The van der Waals surface area contributed by atoms with Gasteiger partial charge in [0.1, 0.15) is 6.04 Å². The lowest BCUT2D eigenvalue weighted by atomic mass is 10.2. The molecule has 1 fully saturated rings. The van der Waals surface area contributed by atoms with Gasteiger partial charge in [-0.2, -0.15) is 5.26 Å². The van der Waals surface area contributed by atoms with Gasteiger partial charge >= 0.3 is 0 Å². The molecule has 3 rings (SSSR count). The number of likely N-dealkylation sites (tertiary alicyclic amines) is 1. The number of carbonyl (C=O) groups excluding carboxylic acids is 1. The van der Waals surface area contributed by atoms with Crippen molar-refractivity contribution < 1.29 is 4.79 Å². The first-order chi connectivity index (χ1) is 10.7. The van der Waals surface area contributed by atoms with Crippen molar-refractivity contribution in [3.63, 3.8) is 0 Å². The number of anilines is 1. The van der Waals surface area contributed by atoms with Gasteiger partial charge in [-0.05, 0) is 12.8 Å². The summed E-state index contributed by atoms with van der Waals surface area (Å²) in [5, 5.41) is 11.7. The molecule has 6 heteroatoms. The topological polar surface area (TPSA) is 60.2 Å². The maximum absolute atomic E-state index is 12.6. The third-order valence-corrected chi connectivity index (χ3v) is 4.76. The zero-order chi connectivity index (χ0) is 15.5. The van der Waals surface area contributed by atoms with Crippen molar-refractivity contribution in [3.05, 3.63) is 35.7 Å². The minimum Gasteiger partial charge on any atom is -0.298 e. The monoisotopic (exact) mass is 312 g/mol. The van der Waals surface area contributed by atoms with E-state index in [-0.39, 0.29) is 11.9 Å². The summed E-state index contributed by atoms with van der Waals surface area (Å²) < 4.78 is 0. The van der Waals surface area contributed by atoms with Crippen LogP contribution in [0.5, 0.6) is 0 Å². The molecule has 1 amide bonds. The van der Waals surface area contributed by atoms with E-state index in [1.165, 1.54) is 11.3 Å². The van der Waals surface area contributed by atoms with E-state index in [1.54, 1.807) is 16.8 Å². The van der Waals surface area contributed by atoms with Gasteiger partial charge in [-0.15, -0.1) is 11.3 Å². The lowest BCUT2D eigenvalue weighted by Gasteiger charge is -2.22. The highest BCUT2D eigenvalue weighted by atomic mass is 32.1. The number of nitrogens with zero attached hydrogens (tertiary/aromatic N) is 4. The van der Waals surface area contributed by atoms with Crippen LogP contribution in [0.15, 0.2) is 35.7 Å². The molecule has 1 unspecified atom stereocenters. The minimum atomic E-state index is -0.348. The largest absolute Gasteiger partial charge is 0.298 e. The standard InChI is InChI=1S/C16H16N4OS/c1-19(15(21)14-8-5-9-20(14)11-17)16-18-13(10-22-16)12-6-3-2-4-7-12/h2-4,6-7,10,14H,5,8-9H2,1H3. The van der Waals surface area contributed by atoms with Crippen LogP contribution in [-0.2, 0) is 4.79 Å². The van der Waals surface area contributed by atoms with E-state index in [2.05, 4.69) is 11.2 Å². The fourth-order valence-corrected chi connectivity index (χ4v) is 3.43. The van der Waals surface area contributed by atoms with Crippen LogP contribution in [0.4, 0.5) is 5.13 Å². The minimum absolute atomic E-state index is 0.0620. The number of benzene rings is 1. The molecule has 1 aliphatic rings. The molecular formula is C16H16N4OS. The number of rotatable bonds is 3. The molecule has 0 radical (unpaired) electrons. The number of amides is 1. The molecule has 0 bridgehead atoms. The lowest BCUT2D eigenvalue weighted by molar-refractivity contribution is -0.121. The lowest BCUT2D eigenvalue weighted by Crippen LogP contribution is -2.42. The summed E-state index contributed by atoms with van der Waals surface area (Å²) in [6.07, 6.45) is 3.71. The van der Waals surface area contributed by atoms with Crippen LogP contribution in [0.1, 0.15) is 12.8 Å². The number of carbonyl (C=O) groups is 1. The van der Waals surface area contributed by atoms with E-state index in [4.69, 9.17) is 5.26 Å². The van der Waals surface area contributed by atoms with Gasteiger partial charge in [0.2, 0.25) is 0 Å². The van der Waals surface area contributed by atoms with Gasteiger partial charge in [0.15, 0.2) is 11.3 Å². The first kappa shape index (κ1) is 14.5. The zero-order valence-electron chi connectivity index (χ0n) is 12.3. The quantitative estimate of drug-likeness (QED) is 0.818. The predicted molar refractivity (Wildman–Crippen MR) is 86.3 cm³/mol. The highest BCUT2D eigenvalue weighted by Crippen LogP contribution is 2.28. The summed E-state index contributed by atoms with van der Waals surface area (Å²) in [4.78, 5) is 20.2. The van der Waals surface area contributed by atoms with Gasteiger partial charge < -0.3 is 0 Å². The molecule has 2 aromatic rings. The summed E-state index contributed by atoms with van der Waals surface area (Å²) in [5.74, 6) is -0.0620. The summed E-state index contributed by atoms with van der Waals surface area (Å²) in [5.41, 5.74) is 1.90. The Morgan fingerprint density at radius 2 is 2.23 bits per heavy atom. The van der Waals surface area contributed by atoms with Crippen LogP contribution in [0, 0.1) is 11.5 Å². The Morgan fingerprint density at radius 3 is 2.95 bits per heavy atom. The van der Waals surface area contributed by atoms with Gasteiger partial charge in [0, 0.05) is 24.5 Å². The highest BCUT2D eigenvalue weighted by Gasteiger charge is 2.33. The van der Waals surface area contributed by atoms with E-state index < -0.39 is 0 Å². The molecule has 1 atom stereocenters. The van der Waals surface area contributed by atoms with E-state index in [0.29, 0.717) is 11.7 Å². The van der Waals surface area contributed by atoms with Crippen molar-refractivity contribution in [2.45, 2.75) is 18.9 Å². The summed E-state index contributed by atoms with van der Waals surface area (Å²) >= 11 is 1.44. The molecule has 5 nitrogen and oxygen atoms in total. The number of likely N-dealkylation sites (N-methyl/N-ethyl adjacent to an activating group) is 1. The zero-order valence-corrected chi connectivity index (χ0v) is 13.1. The molecule has 22 heavy (non-hydrogen) atoms. The van der Waals surface area contributed by atoms with Crippen molar-refractivity contribution in [3.8, 4) is 17.5 Å². The number of nitriles is 1. The van der Waals surface area contributed by atoms with E-state index in [1.807, 2.05) is 35.7 Å². The van der Waals surface area contributed by atoms with Crippen molar-refractivity contribution in [2.24, 2.45) is 0 Å². The number of thiazole rings is 1. The van der Waals surface area contributed by atoms with E-state index in [0.717, 1.165) is 24.1 Å². The average Bonchev–Trinajstić information content (AvgIpc) is 3.23. The molecule has 0 saturated carbocycles. The maximum Gasteiger partial charge on any atom is 0.251 e. The van der Waals surface area contributed by atoms with Gasteiger partial charge in [-0.3, -0.25) is 14.6 Å². The molecular weight excluding hydrogens is 296 g/mol. The maximum atomic E-state index is 12.6. The van der Waals surface area contributed by atoms with Crippen molar-refractivity contribution in [2.75, 3.05) is 18.5 Å². The first-order valence-corrected chi connectivity index (χ1v) is 8.03. The molecule has 0 N–H and O–H groups in total. The molecule has 112 valence electrons. The molecule has 1 saturated heterocycles. The predicted octanol–water partition coefficient (Wildman–Crippen LogP) is 2.72. The molecule has 2 heterocycles. The molecule has 1 aliphatic heterocycles. The van der Waals surface area contributed by atoms with Crippen LogP contribution in [-0.4, -0.2) is 35.4 Å². The third kappa shape index (κ3) is 2.68. The fraction of sp³-hybridized carbons (Fsp3) is 0.312. The third-order valence-electron chi connectivity index (χ3n) is 3.85. The number of hydrogen-bond acceptors (Lipinski definition) is 5. The normalized spacial score (nSPS) is 17.3. The van der Waals surface area contributed by atoms with E-state index >= 15 is 0 Å². The van der Waals surface area contributed by atoms with Gasteiger partial charge in [-0.1, -0.05) is 30.3 Å². The second-order valence-electron chi connectivity index (χ2n) is 5.23. The van der Waals surface area contributed by atoms with E-state index in [9.17, 15) is 4.79 Å². The smallest absolute Gasteiger partial charge is 0.251 e. The van der Waals surface area contributed by atoms with Crippen LogP contribution < -0.4 is 4.90 Å². The Hall–Kier alpha value is -2.39. The second-order valence-corrected chi connectivity index (χ2v) is 6.07. The first-order valence-electron chi connectivity index (χ1n) is 7.15. The molecule has 0 spiro atoms. The van der Waals surface area contributed by atoms with Crippen molar-refractivity contribution >= 4 is 22.4 Å². The molecule has 1 aromatic heterocycles. The molecule has 1 aromatic carbocycles. The molecule has 0 aliphatic carbocycles. The van der Waals surface area contributed by atoms with Crippen LogP contribution >= 0.6 is 11.3 Å². The Balaban J connectivity index is 1.78. The fourth-order valence-electron chi connectivity index (χ4n) is 2.62. The van der Waals surface area contributed by atoms with Crippen molar-refractivity contribution in [1.82, 2.24) is 9.88 Å².